The van der Waals surface area contributed by atoms with Crippen molar-refractivity contribution >= 4 is 94.4 Å². The van der Waals surface area contributed by atoms with E-state index in [0.717, 1.165) is 52.4 Å². The molecule has 0 aliphatic carbocycles. The van der Waals surface area contributed by atoms with Crippen LogP contribution in [0, 0.1) is 0 Å². The molecule has 0 bridgehead atoms. The second kappa shape index (κ2) is 20.7. The molecule has 2 aliphatic heterocycles. The summed E-state index contributed by atoms with van der Waals surface area (Å²) in [5, 5.41) is 0.943. The fraction of sp³-hybridized carbons (Fsp3) is 0.533. The van der Waals surface area contributed by atoms with E-state index in [2.05, 4.69) is 13.2 Å². The van der Waals surface area contributed by atoms with Crippen LogP contribution in [-0.2, 0) is 28.5 Å². The van der Waals surface area contributed by atoms with Crippen molar-refractivity contribution < 1.29 is 38.1 Å². The third-order valence-electron chi connectivity index (χ3n) is 6.08. The van der Waals surface area contributed by atoms with Crippen LogP contribution < -0.4 is 0 Å². The molecule has 2 aliphatic rings. The summed E-state index contributed by atoms with van der Waals surface area (Å²) >= 11 is 10.8. The lowest BCUT2D eigenvalue weighted by molar-refractivity contribution is -0.145. The van der Waals surface area contributed by atoms with Crippen molar-refractivity contribution in [2.75, 3.05) is 58.4 Å². The maximum absolute atomic E-state index is 13.2. The zero-order valence-electron chi connectivity index (χ0n) is 24.6. The van der Waals surface area contributed by atoms with Gasteiger partial charge in [0.15, 0.2) is 5.44 Å². The third kappa shape index (κ3) is 13.6. The van der Waals surface area contributed by atoms with Gasteiger partial charge < -0.3 is 18.9 Å². The number of hydrogen-bond acceptors (Lipinski definition) is 14. The van der Waals surface area contributed by atoms with Crippen LogP contribution in [0.2, 0.25) is 0 Å². The van der Waals surface area contributed by atoms with Gasteiger partial charge in [-0.3, -0.25) is 0 Å². The molecule has 5 atom stereocenters. The second-order valence-electron chi connectivity index (χ2n) is 9.57. The van der Waals surface area contributed by atoms with Gasteiger partial charge in [0.1, 0.15) is 18.8 Å². The molecule has 2 fully saturated rings. The van der Waals surface area contributed by atoms with Gasteiger partial charge in [-0.2, -0.15) is 58.8 Å². The van der Waals surface area contributed by atoms with Crippen molar-refractivity contribution in [2.45, 2.75) is 35.1 Å². The van der Waals surface area contributed by atoms with Crippen LogP contribution in [-0.4, -0.2) is 110 Å². The van der Waals surface area contributed by atoms with Gasteiger partial charge in [-0.15, -0.1) is 11.8 Å². The Morgan fingerprint density at radius 1 is 0.886 bits per heavy atom. The first kappa shape index (κ1) is 37.1. The summed E-state index contributed by atoms with van der Waals surface area (Å²) < 4.78 is 22.1. The maximum atomic E-state index is 13.2. The Hall–Kier alpha value is -1.32. The van der Waals surface area contributed by atoms with E-state index in [1.54, 1.807) is 30.8 Å². The number of benzene rings is 1. The van der Waals surface area contributed by atoms with Crippen LogP contribution in [0.4, 0.5) is 0 Å². The van der Waals surface area contributed by atoms with Gasteiger partial charge >= 0.3 is 23.9 Å². The van der Waals surface area contributed by atoms with E-state index >= 15 is 0 Å². The van der Waals surface area contributed by atoms with Crippen LogP contribution in [0.5, 0.6) is 0 Å². The van der Waals surface area contributed by atoms with Crippen molar-refractivity contribution in [3.05, 3.63) is 60.7 Å². The molecule has 1 aromatic rings. The van der Waals surface area contributed by atoms with Crippen LogP contribution in [0.25, 0.3) is 0 Å². The van der Waals surface area contributed by atoms with Crippen molar-refractivity contribution in [2.24, 2.45) is 0 Å². The number of esters is 4. The molecular formula is C30H38O8S6. The highest BCUT2D eigenvalue weighted by molar-refractivity contribution is 8.08. The topological polar surface area (TPSA) is 105 Å². The number of ether oxygens (including phenoxy) is 4. The van der Waals surface area contributed by atoms with Crippen LogP contribution in [0.3, 0.4) is 0 Å². The van der Waals surface area contributed by atoms with E-state index in [9.17, 15) is 19.2 Å². The summed E-state index contributed by atoms with van der Waals surface area (Å²) in [6.45, 7) is 8.42. The molecule has 8 nitrogen and oxygen atoms in total. The largest absolute Gasteiger partial charge is 0.458 e. The number of rotatable bonds is 17. The lowest BCUT2D eigenvalue weighted by Gasteiger charge is -2.26. The molecule has 0 radical (unpaired) electrons. The molecule has 14 heteroatoms. The Bertz CT molecular complexity index is 1120. The standard InChI is InChI=1S/C30H38O8S6/c1-4-26(31)36-20(3)30(44-19-25-17-40-10-12-43-25)38-29(34)22-8-6-7-21(13-22)28(33)35-14-23(37-27(32)5-2)15-41-18-24-16-39-9-11-42-24/h4-8,13,20,23-25,30H,1-2,9-12,14-19H2,3H3. The van der Waals surface area contributed by atoms with Crippen molar-refractivity contribution in [1.82, 2.24) is 0 Å². The molecular weight excluding hydrogens is 681 g/mol. The quantitative estimate of drug-likeness (QED) is 0.0851. The molecule has 5 unspecified atom stereocenters. The SMILES string of the molecule is C=CC(=O)OC(COC(=O)c1cccc(C(=O)OC(SCC2CSCCS2)C(C)OC(=O)C=C)c1)CSCC1CSCCS1. The van der Waals surface area contributed by atoms with Crippen LogP contribution in [0.15, 0.2) is 49.6 Å². The molecule has 0 amide bonds. The number of thioether (sulfide) groups is 6. The molecule has 0 spiro atoms. The first-order chi connectivity index (χ1) is 21.3. The number of hydrogen-bond donors (Lipinski definition) is 0. The van der Waals surface area contributed by atoms with Gasteiger partial charge in [0.25, 0.3) is 0 Å². The molecule has 3 rings (SSSR count). The predicted molar refractivity (Wildman–Crippen MR) is 189 cm³/mol. The molecule has 242 valence electrons. The minimum Gasteiger partial charge on any atom is -0.458 e. The zero-order valence-corrected chi connectivity index (χ0v) is 29.5. The monoisotopic (exact) mass is 718 g/mol. The first-order valence-electron chi connectivity index (χ1n) is 14.0. The molecule has 2 saturated heterocycles. The number of carbonyl (C=O) groups excluding carboxylic acids is 4. The fourth-order valence-electron chi connectivity index (χ4n) is 3.88. The molecule has 0 saturated carbocycles. The first-order valence-corrected chi connectivity index (χ1v) is 20.6. The van der Waals surface area contributed by atoms with Gasteiger partial charge in [0.2, 0.25) is 0 Å². The summed E-state index contributed by atoms with van der Waals surface area (Å²) in [7, 11) is 0. The summed E-state index contributed by atoms with van der Waals surface area (Å²) in [6.07, 6.45) is 0.800. The average molecular weight is 719 g/mol. The van der Waals surface area contributed by atoms with E-state index in [1.807, 2.05) is 47.0 Å². The Labute approximate surface area is 285 Å². The molecule has 1 aromatic carbocycles. The smallest absolute Gasteiger partial charge is 0.339 e. The lowest BCUT2D eigenvalue weighted by Crippen LogP contribution is -2.32. The van der Waals surface area contributed by atoms with E-state index < -0.39 is 41.5 Å². The Kier molecular flexibility index (Phi) is 17.5. The van der Waals surface area contributed by atoms with Crippen molar-refractivity contribution in [3.8, 4) is 0 Å². The van der Waals surface area contributed by atoms with E-state index in [0.29, 0.717) is 16.3 Å². The van der Waals surface area contributed by atoms with Gasteiger partial charge in [0, 0.05) is 74.4 Å². The number of carbonyl (C=O) groups is 4. The van der Waals surface area contributed by atoms with E-state index in [-0.39, 0.29) is 17.7 Å². The van der Waals surface area contributed by atoms with E-state index in [1.165, 1.54) is 29.6 Å². The minimum absolute atomic E-state index is 0.130. The zero-order chi connectivity index (χ0) is 31.7. The molecule has 0 aromatic heterocycles. The highest BCUT2D eigenvalue weighted by Crippen LogP contribution is 2.30. The highest BCUT2D eigenvalue weighted by Gasteiger charge is 2.28. The highest BCUT2D eigenvalue weighted by atomic mass is 32.2. The van der Waals surface area contributed by atoms with Crippen molar-refractivity contribution in [1.29, 1.82) is 0 Å². The fourth-order valence-corrected chi connectivity index (χ4v) is 12.2. The van der Waals surface area contributed by atoms with Gasteiger partial charge in [0.05, 0.1) is 11.1 Å². The Morgan fingerprint density at radius 3 is 2.11 bits per heavy atom. The predicted octanol–water partition coefficient (Wildman–Crippen LogP) is 5.71. The summed E-state index contributed by atoms with van der Waals surface area (Å²) in [5.74, 6) is 6.22. The summed E-state index contributed by atoms with van der Waals surface area (Å²) in [4.78, 5) is 49.8. The van der Waals surface area contributed by atoms with Crippen LogP contribution in [0.1, 0.15) is 27.6 Å². The summed E-state index contributed by atoms with van der Waals surface area (Å²) in [5.41, 5.74) is -0.441. The van der Waals surface area contributed by atoms with Gasteiger partial charge in [-0.1, -0.05) is 19.2 Å². The van der Waals surface area contributed by atoms with Gasteiger partial charge in [-0.05, 0) is 25.1 Å². The molecule has 0 N–H and O–H groups in total. The summed E-state index contributed by atoms with van der Waals surface area (Å²) in [6, 6.07) is 6.05. The van der Waals surface area contributed by atoms with E-state index in [4.69, 9.17) is 18.9 Å². The van der Waals surface area contributed by atoms with Crippen LogP contribution >= 0.6 is 70.6 Å². The second-order valence-corrected chi connectivity index (χ2v) is 16.9. The maximum Gasteiger partial charge on any atom is 0.339 e. The molecule has 2 heterocycles. The molecule has 44 heavy (non-hydrogen) atoms. The third-order valence-corrected chi connectivity index (χ3v) is 14.8. The normalized spacial score (nSPS) is 20.3. The Balaban J connectivity index is 1.58. The minimum atomic E-state index is -0.752. The average Bonchev–Trinajstić information content (AvgIpc) is 3.05. The van der Waals surface area contributed by atoms with Crippen molar-refractivity contribution in [3.63, 3.8) is 0 Å². The van der Waals surface area contributed by atoms with Gasteiger partial charge in [-0.25, -0.2) is 19.2 Å². The lowest BCUT2D eigenvalue weighted by atomic mass is 10.1. The Morgan fingerprint density at radius 2 is 1.50 bits per heavy atom.